The average Bonchev–Trinajstić information content (AvgIpc) is 3.40. The fourth-order valence-electron chi connectivity index (χ4n) is 3.08. The third kappa shape index (κ3) is 3.82. The van der Waals surface area contributed by atoms with Crippen molar-refractivity contribution < 1.29 is 19.5 Å². The molecule has 0 bridgehead atoms. The van der Waals surface area contributed by atoms with E-state index in [1.807, 2.05) is 5.38 Å². The van der Waals surface area contributed by atoms with E-state index in [0.29, 0.717) is 27.1 Å². The van der Waals surface area contributed by atoms with Gasteiger partial charge in [0.05, 0.1) is 0 Å². The largest absolute Gasteiger partial charge is 0.477 e. The van der Waals surface area contributed by atoms with E-state index in [1.165, 1.54) is 44.4 Å². The Labute approximate surface area is 188 Å². The van der Waals surface area contributed by atoms with E-state index in [0.717, 1.165) is 0 Å². The Bertz CT molecular complexity index is 1030. The quantitative estimate of drug-likeness (QED) is 0.335. The summed E-state index contributed by atoms with van der Waals surface area (Å²) in [5, 5.41) is 24.5. The number of aliphatic carboxylic acids is 1. The van der Waals surface area contributed by atoms with Gasteiger partial charge in [-0.05, 0) is 27.4 Å². The van der Waals surface area contributed by atoms with Crippen LogP contribution in [0, 0.1) is 0 Å². The molecule has 0 radical (unpaired) electrons. The number of nitrogens with one attached hydrogen (secondary N) is 1. The third-order valence-electron chi connectivity index (χ3n) is 4.53. The molecule has 14 heteroatoms. The van der Waals surface area contributed by atoms with E-state index in [9.17, 15) is 19.5 Å². The van der Waals surface area contributed by atoms with Gasteiger partial charge in [0, 0.05) is 23.4 Å². The highest BCUT2D eigenvalue weighted by atomic mass is 35.5. The number of carbonyl (C=O) groups is 3. The molecule has 1 fully saturated rings. The monoisotopic (exact) mass is 486 g/mol. The zero-order valence-corrected chi connectivity index (χ0v) is 18.6. The van der Waals surface area contributed by atoms with Gasteiger partial charge in [-0.3, -0.25) is 14.5 Å². The molecule has 2 aromatic rings. The first-order valence-corrected chi connectivity index (χ1v) is 12.0. The summed E-state index contributed by atoms with van der Waals surface area (Å²) in [6.07, 6.45) is 0. The zero-order valence-electron chi connectivity index (χ0n) is 15.4. The molecule has 4 heterocycles. The van der Waals surface area contributed by atoms with Crippen molar-refractivity contribution in [2.45, 2.75) is 21.9 Å². The molecule has 2 unspecified atom stereocenters. The minimum Gasteiger partial charge on any atom is -0.477 e. The molecule has 3 atom stereocenters. The van der Waals surface area contributed by atoms with Crippen LogP contribution in [0.3, 0.4) is 0 Å². The van der Waals surface area contributed by atoms with Gasteiger partial charge in [0.2, 0.25) is 11.1 Å². The van der Waals surface area contributed by atoms with Gasteiger partial charge in [-0.1, -0.05) is 17.8 Å². The molecule has 0 spiro atoms. The van der Waals surface area contributed by atoms with Crippen LogP contribution in [-0.2, 0) is 21.4 Å². The van der Waals surface area contributed by atoms with Gasteiger partial charge in [0.25, 0.3) is 5.91 Å². The van der Waals surface area contributed by atoms with Crippen LogP contribution < -0.4 is 5.32 Å². The van der Waals surface area contributed by atoms with Crippen molar-refractivity contribution in [2.24, 2.45) is 7.05 Å². The number of β-lactam (4-membered cyclic amide) rings is 1. The Kier molecular flexibility index (Phi) is 6.04. The molecule has 158 valence electrons. The second kappa shape index (κ2) is 8.57. The van der Waals surface area contributed by atoms with Crippen LogP contribution in [0.2, 0.25) is 0 Å². The second-order valence-electron chi connectivity index (χ2n) is 6.41. The lowest BCUT2D eigenvalue weighted by Gasteiger charge is -2.49. The molecule has 1 saturated heterocycles. The second-order valence-corrected chi connectivity index (χ2v) is 9.87. The molecular weight excluding hydrogens is 472 g/mol. The lowest BCUT2D eigenvalue weighted by Crippen LogP contribution is -2.70. The summed E-state index contributed by atoms with van der Waals surface area (Å²) in [6, 6.07) is 2.72. The van der Waals surface area contributed by atoms with Crippen LogP contribution in [0.25, 0.3) is 0 Å². The van der Waals surface area contributed by atoms with E-state index in [-0.39, 0.29) is 5.70 Å². The summed E-state index contributed by atoms with van der Waals surface area (Å²) >= 11 is 10.2. The minimum atomic E-state index is -1.18. The third-order valence-corrected chi connectivity index (χ3v) is 8.46. The lowest BCUT2D eigenvalue weighted by atomic mass is 10.0. The van der Waals surface area contributed by atoms with Crippen molar-refractivity contribution in [2.75, 3.05) is 11.5 Å². The molecule has 4 rings (SSSR count). The normalized spacial score (nSPS) is 21.8. The summed E-state index contributed by atoms with van der Waals surface area (Å²) in [4.78, 5) is 39.0. The summed E-state index contributed by atoms with van der Waals surface area (Å²) in [5.41, 5.74) is 0.557. The SMILES string of the molecule is Cn1nnnc1SCC1=C(C(=O)O)N2C(=O)C(NC(=O)C(Cl)c3cccs3)[C@@H]2SC1. The Morgan fingerprint density at radius 1 is 1.50 bits per heavy atom. The summed E-state index contributed by atoms with van der Waals surface area (Å²) in [7, 11) is 1.69. The van der Waals surface area contributed by atoms with Crippen molar-refractivity contribution >= 4 is 64.2 Å². The number of hydrogen-bond acceptors (Lipinski definition) is 9. The topological polar surface area (TPSA) is 130 Å². The lowest BCUT2D eigenvalue weighted by molar-refractivity contribution is -0.150. The summed E-state index contributed by atoms with van der Waals surface area (Å²) in [6.45, 7) is 0. The number of aromatic nitrogens is 4. The van der Waals surface area contributed by atoms with Crippen LogP contribution in [0.4, 0.5) is 0 Å². The molecule has 2 aromatic heterocycles. The predicted octanol–water partition coefficient (Wildman–Crippen LogP) is 1.08. The van der Waals surface area contributed by atoms with Crippen LogP contribution in [0.1, 0.15) is 10.3 Å². The van der Waals surface area contributed by atoms with Crippen molar-refractivity contribution in [1.29, 1.82) is 0 Å². The van der Waals surface area contributed by atoms with Gasteiger partial charge in [-0.15, -0.1) is 39.8 Å². The molecule has 30 heavy (non-hydrogen) atoms. The van der Waals surface area contributed by atoms with Crippen molar-refractivity contribution in [3.05, 3.63) is 33.7 Å². The first kappa shape index (κ1) is 21.2. The Morgan fingerprint density at radius 2 is 2.30 bits per heavy atom. The maximum absolute atomic E-state index is 12.7. The van der Waals surface area contributed by atoms with Crippen LogP contribution in [0.15, 0.2) is 33.9 Å². The van der Waals surface area contributed by atoms with Gasteiger partial charge in [0.1, 0.15) is 22.5 Å². The number of carboxylic acids is 1. The number of amides is 2. The number of carboxylic acid groups (broad SMARTS) is 1. The average molecular weight is 487 g/mol. The van der Waals surface area contributed by atoms with Gasteiger partial charge in [-0.25, -0.2) is 9.48 Å². The van der Waals surface area contributed by atoms with Gasteiger partial charge in [0.15, 0.2) is 0 Å². The highest BCUT2D eigenvalue weighted by Crippen LogP contribution is 2.41. The molecule has 0 aliphatic carbocycles. The van der Waals surface area contributed by atoms with Crippen molar-refractivity contribution in [3.8, 4) is 0 Å². The number of rotatable bonds is 7. The highest BCUT2D eigenvalue weighted by Gasteiger charge is 2.54. The Morgan fingerprint density at radius 3 is 2.93 bits per heavy atom. The molecule has 2 amide bonds. The maximum atomic E-state index is 12.7. The van der Waals surface area contributed by atoms with Crippen molar-refractivity contribution in [3.63, 3.8) is 0 Å². The Balaban J connectivity index is 1.46. The molecule has 0 saturated carbocycles. The number of hydrogen-bond donors (Lipinski definition) is 2. The Hall–Kier alpha value is -2.09. The van der Waals surface area contributed by atoms with Gasteiger partial charge < -0.3 is 10.4 Å². The summed E-state index contributed by atoms with van der Waals surface area (Å²) in [5.74, 6) is -1.38. The van der Waals surface area contributed by atoms with Crippen LogP contribution in [-0.4, -0.2) is 70.9 Å². The molecule has 2 aliphatic heterocycles. The first-order chi connectivity index (χ1) is 14.4. The van der Waals surface area contributed by atoms with Gasteiger partial charge in [-0.2, -0.15) is 0 Å². The first-order valence-electron chi connectivity index (χ1n) is 8.61. The number of thioether (sulfide) groups is 2. The van der Waals surface area contributed by atoms with E-state index in [1.54, 1.807) is 19.2 Å². The number of halogens is 1. The van der Waals surface area contributed by atoms with E-state index < -0.39 is 34.6 Å². The van der Waals surface area contributed by atoms with E-state index in [4.69, 9.17) is 11.6 Å². The number of fused-ring (bicyclic) bond motifs is 1. The molecule has 10 nitrogen and oxygen atoms in total. The zero-order chi connectivity index (χ0) is 21.4. The van der Waals surface area contributed by atoms with Crippen LogP contribution >= 0.6 is 46.5 Å². The van der Waals surface area contributed by atoms with Crippen molar-refractivity contribution in [1.82, 2.24) is 30.4 Å². The molecular formula is C16H15ClN6O4S3. The highest BCUT2D eigenvalue weighted by molar-refractivity contribution is 8.01. The number of nitrogens with zero attached hydrogens (tertiary/aromatic N) is 5. The minimum absolute atomic E-state index is 0.0439. The van der Waals surface area contributed by atoms with E-state index >= 15 is 0 Å². The smallest absolute Gasteiger partial charge is 0.352 e. The summed E-state index contributed by atoms with van der Waals surface area (Å²) < 4.78 is 1.49. The van der Waals surface area contributed by atoms with E-state index in [2.05, 4.69) is 20.8 Å². The standard InChI is InChI=1S/C16H15ClN6O4S3/c1-22-16(19-20-21-22)30-6-7-5-29-14-10(13(25)23(14)11(7)15(26)27)18-12(24)9(17)8-3-2-4-28-8/h2-4,9-10,14H,5-6H2,1H3,(H,18,24)(H,26,27)/t9?,10?,14-/m0/s1. The van der Waals surface area contributed by atoms with Gasteiger partial charge >= 0.3 is 5.97 Å². The number of tetrazole rings is 1. The number of aryl methyl sites for hydroxylation is 1. The maximum Gasteiger partial charge on any atom is 0.352 e. The fraction of sp³-hybridized carbons (Fsp3) is 0.375. The number of alkyl halides is 1. The molecule has 2 N–H and O–H groups in total. The van der Waals surface area contributed by atoms with Crippen LogP contribution in [0.5, 0.6) is 0 Å². The molecule has 2 aliphatic rings. The fourth-order valence-corrected chi connectivity index (χ4v) is 6.40. The number of thiophene rings is 1. The number of carbonyl (C=O) groups excluding carboxylic acids is 2. The molecule has 0 aromatic carbocycles. The predicted molar refractivity (Wildman–Crippen MR) is 112 cm³/mol.